The summed E-state index contributed by atoms with van der Waals surface area (Å²) in [6.45, 7) is 0. The highest BCUT2D eigenvalue weighted by atomic mass is 16.4. The van der Waals surface area contributed by atoms with Crippen LogP contribution in [0.2, 0.25) is 0 Å². The van der Waals surface area contributed by atoms with Crippen LogP contribution in [0.15, 0.2) is 59.7 Å². The molecular weight excluding hydrogens is 294 g/mol. The lowest BCUT2D eigenvalue weighted by Gasteiger charge is -2.23. The zero-order chi connectivity index (χ0) is 16.9. The first-order valence-electron chi connectivity index (χ1n) is 6.91. The minimum atomic E-state index is -2.04. The summed E-state index contributed by atoms with van der Waals surface area (Å²) in [7, 11) is 0. The fourth-order valence-electron chi connectivity index (χ4n) is 2.27. The minimum Gasteiger partial charge on any atom is -0.480 e. The summed E-state index contributed by atoms with van der Waals surface area (Å²) >= 11 is 0. The van der Waals surface area contributed by atoms with Crippen LogP contribution in [0.5, 0.6) is 0 Å². The molecule has 1 unspecified atom stereocenters. The number of hydrogen-bond donors (Lipinski definition) is 3. The predicted molar refractivity (Wildman–Crippen MR) is 87.3 cm³/mol. The van der Waals surface area contributed by atoms with Crippen molar-refractivity contribution in [2.45, 2.75) is 12.0 Å². The van der Waals surface area contributed by atoms with Crippen molar-refractivity contribution in [2.75, 3.05) is 0 Å². The van der Waals surface area contributed by atoms with E-state index in [0.717, 1.165) is 0 Å². The van der Waals surface area contributed by atoms with E-state index in [1.807, 2.05) is 0 Å². The van der Waals surface area contributed by atoms with Gasteiger partial charge >= 0.3 is 5.97 Å². The van der Waals surface area contributed by atoms with E-state index >= 15 is 0 Å². The normalized spacial score (nSPS) is 13.6. The fourth-order valence-corrected chi connectivity index (χ4v) is 2.27. The number of carbonyl (C=O) groups is 2. The molecule has 0 spiro atoms. The molecule has 0 saturated heterocycles. The quantitative estimate of drug-likeness (QED) is 0.243. The Bertz CT molecular complexity index is 744. The predicted octanol–water partition coefficient (Wildman–Crippen LogP) is 1.19. The van der Waals surface area contributed by atoms with Gasteiger partial charge in [0, 0.05) is 12.0 Å². The first-order valence-corrected chi connectivity index (χ1v) is 6.91. The van der Waals surface area contributed by atoms with E-state index in [2.05, 4.69) is 5.10 Å². The molecule has 0 aliphatic rings. The maximum Gasteiger partial charge on any atom is 0.332 e. The zero-order valence-corrected chi connectivity index (χ0v) is 12.3. The number of hydrazone groups is 1. The van der Waals surface area contributed by atoms with E-state index in [4.69, 9.17) is 11.6 Å². The smallest absolute Gasteiger partial charge is 0.332 e. The van der Waals surface area contributed by atoms with Crippen LogP contribution in [0.1, 0.15) is 21.5 Å². The number of hydrogen-bond acceptors (Lipinski definition) is 5. The third kappa shape index (κ3) is 3.61. The Morgan fingerprint density at radius 1 is 1.13 bits per heavy atom. The molecule has 6 heteroatoms. The Kier molecular flexibility index (Phi) is 4.88. The van der Waals surface area contributed by atoms with Crippen LogP contribution in [0, 0.1) is 0 Å². The fraction of sp³-hybridized carbons (Fsp3) is 0.118. The number of rotatable bonds is 6. The molecule has 0 amide bonds. The van der Waals surface area contributed by atoms with Gasteiger partial charge in [0.25, 0.3) is 0 Å². The van der Waals surface area contributed by atoms with Crippen molar-refractivity contribution in [3.05, 3.63) is 71.3 Å². The first-order chi connectivity index (χ1) is 11.0. The van der Waals surface area contributed by atoms with Crippen molar-refractivity contribution in [3.8, 4) is 0 Å². The Balaban J connectivity index is 2.38. The molecule has 2 aromatic carbocycles. The topological polar surface area (TPSA) is 119 Å². The number of ketones is 1. The Labute approximate surface area is 133 Å². The second-order valence-electron chi connectivity index (χ2n) is 5.17. The van der Waals surface area contributed by atoms with Gasteiger partial charge in [-0.25, -0.2) is 4.79 Å². The summed E-state index contributed by atoms with van der Waals surface area (Å²) in [5.41, 5.74) is 5.38. The third-order valence-corrected chi connectivity index (χ3v) is 3.49. The van der Waals surface area contributed by atoms with Crippen molar-refractivity contribution >= 4 is 18.0 Å². The van der Waals surface area contributed by atoms with Gasteiger partial charge in [0.2, 0.25) is 0 Å². The summed E-state index contributed by atoms with van der Waals surface area (Å²) in [5.74, 6) is 3.05. The van der Waals surface area contributed by atoms with E-state index < -0.39 is 17.3 Å². The highest BCUT2D eigenvalue weighted by Gasteiger charge is 2.42. The third-order valence-electron chi connectivity index (χ3n) is 3.49. The molecule has 0 heterocycles. The summed E-state index contributed by atoms with van der Waals surface area (Å²) < 4.78 is 0. The summed E-state index contributed by atoms with van der Waals surface area (Å²) in [6, 6.07) is 15.1. The highest BCUT2D eigenvalue weighted by Crippen LogP contribution is 2.18. The number of nitrogens with two attached hydrogens (primary N) is 2. The average molecular weight is 311 g/mol. The molecule has 0 saturated carbocycles. The Morgan fingerprint density at radius 3 is 2.43 bits per heavy atom. The molecule has 5 N–H and O–H groups in total. The number of carboxylic acids is 1. The molecule has 0 radical (unpaired) electrons. The van der Waals surface area contributed by atoms with Gasteiger partial charge in [0.1, 0.15) is 0 Å². The summed E-state index contributed by atoms with van der Waals surface area (Å²) in [6.07, 6.45) is 1.27. The van der Waals surface area contributed by atoms with Crippen LogP contribution in [0.25, 0.3) is 0 Å². The Morgan fingerprint density at radius 2 is 1.83 bits per heavy atom. The molecule has 2 rings (SSSR count). The molecule has 0 aliphatic carbocycles. The van der Waals surface area contributed by atoms with Crippen LogP contribution in [-0.4, -0.2) is 28.6 Å². The number of carbonyl (C=O) groups excluding carboxylic acids is 1. The lowest BCUT2D eigenvalue weighted by molar-refractivity contribution is -0.141. The second-order valence-corrected chi connectivity index (χ2v) is 5.17. The van der Waals surface area contributed by atoms with E-state index in [1.165, 1.54) is 18.3 Å². The lowest BCUT2D eigenvalue weighted by atomic mass is 9.84. The average Bonchev–Trinajstić information content (AvgIpc) is 2.55. The molecule has 23 heavy (non-hydrogen) atoms. The number of benzene rings is 2. The van der Waals surface area contributed by atoms with Gasteiger partial charge in [-0.3, -0.25) is 4.79 Å². The van der Waals surface area contributed by atoms with E-state index in [0.29, 0.717) is 11.1 Å². The number of carboxylic acid groups (broad SMARTS) is 1. The van der Waals surface area contributed by atoms with E-state index in [1.54, 1.807) is 42.5 Å². The largest absolute Gasteiger partial charge is 0.480 e. The minimum absolute atomic E-state index is 0.1000. The van der Waals surface area contributed by atoms with Gasteiger partial charge < -0.3 is 16.7 Å². The highest BCUT2D eigenvalue weighted by molar-refractivity contribution is 6.16. The standard InChI is InChI=1S/C17H17N3O3/c18-17(16(22)23,10-12-5-2-1-3-6-12)15(21)14-8-4-7-13(9-14)11-20-19/h1-9,11H,10,18-19H2,(H,22,23). The van der Waals surface area contributed by atoms with Crippen molar-refractivity contribution in [3.63, 3.8) is 0 Å². The molecule has 0 fully saturated rings. The molecule has 0 bridgehead atoms. The SMILES string of the molecule is NN=Cc1cccc(C(=O)C(N)(Cc2ccccc2)C(=O)O)c1. The maximum atomic E-state index is 12.7. The van der Waals surface area contributed by atoms with Crippen molar-refractivity contribution < 1.29 is 14.7 Å². The van der Waals surface area contributed by atoms with E-state index in [-0.39, 0.29) is 12.0 Å². The summed E-state index contributed by atoms with van der Waals surface area (Å²) in [5, 5.41) is 12.9. The monoisotopic (exact) mass is 311 g/mol. The van der Waals surface area contributed by atoms with Crippen molar-refractivity contribution in [1.29, 1.82) is 0 Å². The van der Waals surface area contributed by atoms with Crippen LogP contribution >= 0.6 is 0 Å². The molecule has 118 valence electrons. The van der Waals surface area contributed by atoms with Gasteiger partial charge in [-0.2, -0.15) is 5.10 Å². The number of Topliss-reactive ketones (excluding diaryl/α,β-unsaturated/α-hetero) is 1. The van der Waals surface area contributed by atoms with Gasteiger partial charge in [0.05, 0.1) is 6.21 Å². The molecule has 1 atom stereocenters. The molecule has 0 aromatic heterocycles. The van der Waals surface area contributed by atoms with Crippen LogP contribution in [0.3, 0.4) is 0 Å². The van der Waals surface area contributed by atoms with Crippen molar-refractivity contribution in [2.24, 2.45) is 16.7 Å². The molecule has 0 aliphatic heterocycles. The van der Waals surface area contributed by atoms with Crippen molar-refractivity contribution in [1.82, 2.24) is 0 Å². The lowest BCUT2D eigenvalue weighted by Crippen LogP contribution is -2.56. The van der Waals surface area contributed by atoms with E-state index in [9.17, 15) is 14.7 Å². The number of nitrogens with zero attached hydrogens (tertiary/aromatic N) is 1. The Hall–Kier alpha value is -2.99. The number of aliphatic carboxylic acids is 1. The maximum absolute atomic E-state index is 12.7. The van der Waals surface area contributed by atoms with Crippen LogP contribution in [0.4, 0.5) is 0 Å². The van der Waals surface area contributed by atoms with Crippen LogP contribution < -0.4 is 11.6 Å². The first kappa shape index (κ1) is 16.4. The molecule has 2 aromatic rings. The van der Waals surface area contributed by atoms with Crippen LogP contribution in [-0.2, 0) is 11.2 Å². The second kappa shape index (κ2) is 6.85. The zero-order valence-electron chi connectivity index (χ0n) is 12.3. The molecular formula is C17H17N3O3. The molecule has 6 nitrogen and oxygen atoms in total. The van der Waals surface area contributed by atoms with Gasteiger partial charge in [0.15, 0.2) is 11.3 Å². The van der Waals surface area contributed by atoms with Gasteiger partial charge in [-0.05, 0) is 17.2 Å². The van der Waals surface area contributed by atoms with Gasteiger partial charge in [-0.1, -0.05) is 48.5 Å². The summed E-state index contributed by atoms with van der Waals surface area (Å²) in [4.78, 5) is 24.3. The van der Waals surface area contributed by atoms with Gasteiger partial charge in [-0.15, -0.1) is 0 Å².